The molecule has 21 heavy (non-hydrogen) atoms. The molecule has 0 saturated heterocycles. The molecule has 0 aliphatic heterocycles. The van der Waals surface area contributed by atoms with Crippen LogP contribution in [0, 0.1) is 0 Å². The molecule has 4 heteroatoms. The number of ether oxygens (including phenoxy) is 1. The summed E-state index contributed by atoms with van der Waals surface area (Å²) in [6, 6.07) is 5.22. The lowest BCUT2D eigenvalue weighted by Gasteiger charge is -2.20. The summed E-state index contributed by atoms with van der Waals surface area (Å²) in [5, 5.41) is 9.24. The topological polar surface area (TPSA) is 63.6 Å². The zero-order valence-electron chi connectivity index (χ0n) is 12.2. The number of carbonyl (C=O) groups excluding carboxylic acids is 1. The summed E-state index contributed by atoms with van der Waals surface area (Å²) in [6.07, 6.45) is 5.72. The molecule has 0 bridgehead atoms. The number of carboxylic acids is 1. The Balaban J connectivity index is 2.24. The third-order valence-corrected chi connectivity index (χ3v) is 3.66. The maximum Gasteiger partial charge on any atom is 0.335 e. The number of esters is 1. The third kappa shape index (κ3) is 3.72. The first-order valence-electron chi connectivity index (χ1n) is 7.36. The van der Waals surface area contributed by atoms with Crippen molar-refractivity contribution in [2.45, 2.75) is 39.0 Å². The van der Waals surface area contributed by atoms with Gasteiger partial charge in [-0.2, -0.15) is 0 Å². The maximum atomic E-state index is 11.8. The molecule has 0 atom stereocenters. The molecule has 1 aromatic rings. The van der Waals surface area contributed by atoms with Gasteiger partial charge in [0.1, 0.15) is 0 Å². The van der Waals surface area contributed by atoms with Crippen molar-refractivity contribution in [3.8, 4) is 0 Å². The van der Waals surface area contributed by atoms with Crippen molar-refractivity contribution >= 4 is 17.5 Å². The van der Waals surface area contributed by atoms with Crippen molar-refractivity contribution in [3.05, 3.63) is 41.0 Å². The Morgan fingerprint density at radius 1 is 1.33 bits per heavy atom. The van der Waals surface area contributed by atoms with E-state index in [1.54, 1.807) is 12.1 Å². The lowest BCUT2D eigenvalue weighted by Crippen LogP contribution is -2.11. The molecule has 0 amide bonds. The second-order valence-corrected chi connectivity index (χ2v) is 5.18. The van der Waals surface area contributed by atoms with Crippen molar-refractivity contribution in [2.75, 3.05) is 6.61 Å². The standard InChI is InChI=1S/C17H20O4/c1-2-3-10-21-16(18)11-12-6-4-8-14-13(12)7-5-9-15(14)17(19)20/h5,7,9,11H,2-4,6,8,10H2,1H3,(H,19,20)/b12-11-. The van der Waals surface area contributed by atoms with E-state index in [9.17, 15) is 14.7 Å². The van der Waals surface area contributed by atoms with Gasteiger partial charge in [-0.15, -0.1) is 0 Å². The van der Waals surface area contributed by atoms with E-state index in [1.807, 2.05) is 13.0 Å². The molecule has 0 radical (unpaired) electrons. The van der Waals surface area contributed by atoms with Crippen molar-refractivity contribution in [2.24, 2.45) is 0 Å². The first-order valence-corrected chi connectivity index (χ1v) is 7.36. The number of unbranched alkanes of at least 4 members (excludes halogenated alkanes) is 1. The third-order valence-electron chi connectivity index (χ3n) is 3.66. The van der Waals surface area contributed by atoms with E-state index in [-0.39, 0.29) is 5.97 Å². The van der Waals surface area contributed by atoms with E-state index in [2.05, 4.69) is 0 Å². The molecule has 0 heterocycles. The van der Waals surface area contributed by atoms with Crippen LogP contribution in [0.1, 0.15) is 54.1 Å². The number of hydrogen-bond donors (Lipinski definition) is 1. The molecule has 1 aromatic carbocycles. The van der Waals surface area contributed by atoms with Gasteiger partial charge in [0.05, 0.1) is 12.2 Å². The first-order chi connectivity index (χ1) is 10.1. The minimum Gasteiger partial charge on any atom is -0.478 e. The van der Waals surface area contributed by atoms with E-state index >= 15 is 0 Å². The van der Waals surface area contributed by atoms with Crippen LogP contribution in [0.15, 0.2) is 24.3 Å². The highest BCUT2D eigenvalue weighted by atomic mass is 16.5. The normalized spacial score (nSPS) is 15.6. The molecule has 1 aliphatic carbocycles. The molecule has 0 aromatic heterocycles. The SMILES string of the molecule is CCCCOC(=O)/C=C1/CCCc2c(C(=O)O)cccc21. The summed E-state index contributed by atoms with van der Waals surface area (Å²) < 4.78 is 5.15. The molecule has 1 N–H and O–H groups in total. The Hall–Kier alpha value is -2.10. The summed E-state index contributed by atoms with van der Waals surface area (Å²) in [6.45, 7) is 2.47. The van der Waals surface area contributed by atoms with Crippen LogP contribution in [0.5, 0.6) is 0 Å². The summed E-state index contributed by atoms with van der Waals surface area (Å²) in [4.78, 5) is 23.1. The zero-order chi connectivity index (χ0) is 15.2. The minimum atomic E-state index is -0.918. The van der Waals surface area contributed by atoms with Gasteiger partial charge in [-0.05, 0) is 48.4 Å². The average Bonchev–Trinajstić information content (AvgIpc) is 2.47. The fraction of sp³-hybridized carbons (Fsp3) is 0.412. The Morgan fingerprint density at radius 3 is 2.86 bits per heavy atom. The van der Waals surface area contributed by atoms with E-state index in [1.165, 1.54) is 6.08 Å². The summed E-state index contributed by atoms with van der Waals surface area (Å²) in [7, 11) is 0. The fourth-order valence-corrected chi connectivity index (χ4v) is 2.60. The number of benzene rings is 1. The monoisotopic (exact) mass is 288 g/mol. The molecule has 2 rings (SSSR count). The highest BCUT2D eigenvalue weighted by molar-refractivity contribution is 5.95. The van der Waals surface area contributed by atoms with Gasteiger partial charge in [-0.25, -0.2) is 9.59 Å². The van der Waals surface area contributed by atoms with Crippen LogP contribution in [-0.4, -0.2) is 23.7 Å². The summed E-state index contributed by atoms with van der Waals surface area (Å²) >= 11 is 0. The van der Waals surface area contributed by atoms with Crippen molar-refractivity contribution in [3.63, 3.8) is 0 Å². The molecule has 112 valence electrons. The highest BCUT2D eigenvalue weighted by Gasteiger charge is 2.20. The van der Waals surface area contributed by atoms with Crippen LogP contribution < -0.4 is 0 Å². The number of carbonyl (C=O) groups is 2. The number of carboxylic acid groups (broad SMARTS) is 1. The van der Waals surface area contributed by atoms with Gasteiger partial charge in [0, 0.05) is 6.08 Å². The predicted molar refractivity (Wildman–Crippen MR) is 80.2 cm³/mol. The molecule has 0 spiro atoms. The molecule has 4 nitrogen and oxygen atoms in total. The van der Waals surface area contributed by atoms with E-state index in [0.29, 0.717) is 12.2 Å². The number of fused-ring (bicyclic) bond motifs is 1. The lowest BCUT2D eigenvalue weighted by molar-refractivity contribution is -0.137. The van der Waals surface area contributed by atoms with E-state index < -0.39 is 5.97 Å². The Bertz CT molecular complexity index is 572. The zero-order valence-corrected chi connectivity index (χ0v) is 12.2. The maximum absolute atomic E-state index is 11.8. The van der Waals surface area contributed by atoms with Crippen molar-refractivity contribution < 1.29 is 19.4 Å². The Labute approximate surface area is 124 Å². The van der Waals surface area contributed by atoms with Crippen LogP contribution in [0.25, 0.3) is 5.57 Å². The Kier molecular flexibility index (Phi) is 5.14. The Morgan fingerprint density at radius 2 is 2.14 bits per heavy atom. The van der Waals surface area contributed by atoms with Crippen LogP contribution in [0.2, 0.25) is 0 Å². The van der Waals surface area contributed by atoms with Gasteiger partial charge in [-0.1, -0.05) is 25.5 Å². The van der Waals surface area contributed by atoms with Crippen molar-refractivity contribution in [1.29, 1.82) is 0 Å². The molecular formula is C17H20O4. The van der Waals surface area contributed by atoms with Gasteiger partial charge >= 0.3 is 11.9 Å². The number of hydrogen-bond acceptors (Lipinski definition) is 3. The average molecular weight is 288 g/mol. The fourth-order valence-electron chi connectivity index (χ4n) is 2.60. The van der Waals surface area contributed by atoms with E-state index in [0.717, 1.165) is 48.8 Å². The van der Waals surface area contributed by atoms with Gasteiger partial charge in [0.15, 0.2) is 0 Å². The quantitative estimate of drug-likeness (QED) is 0.512. The molecular weight excluding hydrogens is 268 g/mol. The predicted octanol–water partition coefficient (Wildman–Crippen LogP) is 3.45. The van der Waals surface area contributed by atoms with Crippen LogP contribution >= 0.6 is 0 Å². The molecule has 0 unspecified atom stereocenters. The van der Waals surface area contributed by atoms with Gasteiger partial charge in [-0.3, -0.25) is 0 Å². The smallest absolute Gasteiger partial charge is 0.335 e. The van der Waals surface area contributed by atoms with Crippen LogP contribution in [0.3, 0.4) is 0 Å². The largest absolute Gasteiger partial charge is 0.478 e. The molecule has 0 saturated carbocycles. The number of rotatable bonds is 5. The summed E-state index contributed by atoms with van der Waals surface area (Å²) in [5.41, 5.74) is 2.90. The molecule has 0 fully saturated rings. The number of aromatic carboxylic acids is 1. The van der Waals surface area contributed by atoms with E-state index in [4.69, 9.17) is 4.74 Å². The van der Waals surface area contributed by atoms with Gasteiger partial charge in [0.25, 0.3) is 0 Å². The van der Waals surface area contributed by atoms with Gasteiger partial charge in [0.2, 0.25) is 0 Å². The summed E-state index contributed by atoms with van der Waals surface area (Å²) in [5.74, 6) is -1.26. The second kappa shape index (κ2) is 7.07. The lowest BCUT2D eigenvalue weighted by atomic mass is 9.84. The van der Waals surface area contributed by atoms with Crippen LogP contribution in [-0.2, 0) is 16.0 Å². The minimum absolute atomic E-state index is 0.331. The van der Waals surface area contributed by atoms with Crippen molar-refractivity contribution in [1.82, 2.24) is 0 Å². The van der Waals surface area contributed by atoms with Gasteiger partial charge < -0.3 is 9.84 Å². The molecule has 1 aliphatic rings. The number of allylic oxidation sites excluding steroid dienone is 1. The first kappa shape index (κ1) is 15.3. The van der Waals surface area contributed by atoms with Crippen LogP contribution in [0.4, 0.5) is 0 Å². The second-order valence-electron chi connectivity index (χ2n) is 5.18. The highest BCUT2D eigenvalue weighted by Crippen LogP contribution is 2.32.